The number of imidazole rings is 1. The smallest absolute Gasteiger partial charge is 0.384 e. The Morgan fingerprint density at radius 1 is 1.19 bits per heavy atom. The monoisotopic (exact) mass is 456 g/mol. The molecule has 10 heteroatoms. The number of hydrogen-bond donors (Lipinski definition) is 1. The van der Waals surface area contributed by atoms with Crippen LogP contribution in [0.4, 0.5) is 18.9 Å². The Hall–Kier alpha value is -2.07. The molecule has 6 nitrogen and oxygen atoms in total. The predicted molar refractivity (Wildman–Crippen MR) is 111 cm³/mol. The minimum atomic E-state index is -4.62. The van der Waals surface area contributed by atoms with Crippen molar-refractivity contribution in [1.29, 1.82) is 0 Å². The number of nitrogens with one attached hydrogen (secondary N) is 1. The van der Waals surface area contributed by atoms with Crippen LogP contribution >= 0.6 is 0 Å². The van der Waals surface area contributed by atoms with Gasteiger partial charge in [-0.2, -0.15) is 17.5 Å². The van der Waals surface area contributed by atoms with Gasteiger partial charge in [-0.05, 0) is 49.3 Å². The highest BCUT2D eigenvalue weighted by Gasteiger charge is 2.38. The minimum Gasteiger partial charge on any atom is -0.384 e. The Balaban J connectivity index is 1.62. The molecule has 1 aromatic carbocycles. The van der Waals surface area contributed by atoms with Gasteiger partial charge in [-0.1, -0.05) is 6.42 Å². The third-order valence-electron chi connectivity index (χ3n) is 6.44. The number of hydrogen-bond acceptors (Lipinski definition) is 4. The lowest BCUT2D eigenvalue weighted by molar-refractivity contribution is -0.137. The second kappa shape index (κ2) is 8.46. The molecule has 2 fully saturated rings. The molecule has 2 bridgehead atoms. The van der Waals surface area contributed by atoms with Crippen LogP contribution in [0.2, 0.25) is 0 Å². The molecule has 1 aliphatic carbocycles. The Kier molecular flexibility index (Phi) is 6.04. The van der Waals surface area contributed by atoms with E-state index in [9.17, 15) is 21.6 Å². The summed E-state index contributed by atoms with van der Waals surface area (Å²) >= 11 is 0. The maximum atomic E-state index is 13.5. The largest absolute Gasteiger partial charge is 0.416 e. The van der Waals surface area contributed by atoms with Gasteiger partial charge in [0.05, 0.1) is 17.6 Å². The molecule has 170 valence electrons. The molecule has 4 rings (SSSR count). The Morgan fingerprint density at radius 3 is 2.68 bits per heavy atom. The fraction of sp³-hybridized carbons (Fsp3) is 0.571. The fourth-order valence-electron chi connectivity index (χ4n) is 4.68. The van der Waals surface area contributed by atoms with E-state index in [0.717, 1.165) is 43.5 Å². The lowest BCUT2D eigenvalue weighted by Crippen LogP contribution is -2.35. The number of rotatable bonds is 6. The van der Waals surface area contributed by atoms with E-state index in [4.69, 9.17) is 0 Å². The summed E-state index contributed by atoms with van der Waals surface area (Å²) in [6.45, 7) is 1.11. The molecule has 0 spiro atoms. The van der Waals surface area contributed by atoms with Crippen LogP contribution in [0.3, 0.4) is 0 Å². The molecule has 1 aromatic heterocycles. The molecule has 31 heavy (non-hydrogen) atoms. The maximum Gasteiger partial charge on any atom is 0.416 e. The van der Waals surface area contributed by atoms with Gasteiger partial charge >= 0.3 is 6.18 Å². The highest BCUT2D eigenvalue weighted by molar-refractivity contribution is 7.89. The molecule has 2 atom stereocenters. The van der Waals surface area contributed by atoms with Crippen molar-refractivity contribution in [2.75, 3.05) is 25.0 Å². The second-order valence-electron chi connectivity index (χ2n) is 8.58. The van der Waals surface area contributed by atoms with E-state index in [1.54, 1.807) is 12.5 Å². The number of nitrogens with zero attached hydrogens (tertiary/aromatic N) is 3. The number of anilines is 1. The summed E-state index contributed by atoms with van der Waals surface area (Å²) in [5.41, 5.74) is 0.177. The quantitative estimate of drug-likeness (QED) is 0.716. The van der Waals surface area contributed by atoms with Gasteiger partial charge in [0.15, 0.2) is 0 Å². The zero-order valence-corrected chi connectivity index (χ0v) is 18.2. The molecule has 2 unspecified atom stereocenters. The Bertz CT molecular complexity index is 1040. The second-order valence-corrected chi connectivity index (χ2v) is 10.5. The van der Waals surface area contributed by atoms with E-state index < -0.39 is 21.8 Å². The van der Waals surface area contributed by atoms with Crippen LogP contribution in [0.5, 0.6) is 0 Å². The van der Waals surface area contributed by atoms with Crippen molar-refractivity contribution in [1.82, 2.24) is 13.9 Å². The van der Waals surface area contributed by atoms with E-state index >= 15 is 0 Å². The SMILES string of the molecule is Cn1cncc1CCNc1ccc(C(F)(F)F)cc1S(=O)(=O)N1CCC2CCC(C2)C1. The molecular formula is C21H27F3N4O2S. The summed E-state index contributed by atoms with van der Waals surface area (Å²) in [6.07, 6.45) is 3.18. The first-order valence-electron chi connectivity index (χ1n) is 10.5. The number of halogens is 3. The Labute approximate surface area is 180 Å². The number of sulfonamides is 1. The van der Waals surface area contributed by atoms with Crippen molar-refractivity contribution in [3.8, 4) is 0 Å². The van der Waals surface area contributed by atoms with Crippen molar-refractivity contribution in [2.45, 2.75) is 43.2 Å². The van der Waals surface area contributed by atoms with Crippen molar-refractivity contribution in [3.63, 3.8) is 0 Å². The van der Waals surface area contributed by atoms with Gasteiger partial charge in [0.2, 0.25) is 10.0 Å². The number of fused-ring (bicyclic) bond motifs is 2. The molecule has 2 heterocycles. The zero-order valence-electron chi connectivity index (χ0n) is 17.4. The van der Waals surface area contributed by atoms with Crippen LogP contribution in [0.1, 0.15) is 36.9 Å². The maximum absolute atomic E-state index is 13.5. The molecule has 1 saturated carbocycles. The Morgan fingerprint density at radius 2 is 1.97 bits per heavy atom. The minimum absolute atomic E-state index is 0.199. The van der Waals surface area contributed by atoms with Crippen molar-refractivity contribution < 1.29 is 21.6 Å². The molecule has 2 aromatic rings. The summed E-state index contributed by atoms with van der Waals surface area (Å²) in [5, 5.41) is 3.04. The first kappa shape index (κ1) is 22.1. The van der Waals surface area contributed by atoms with Crippen LogP contribution < -0.4 is 5.32 Å². The highest BCUT2D eigenvalue weighted by atomic mass is 32.2. The molecule has 1 saturated heterocycles. The van der Waals surface area contributed by atoms with Crippen LogP contribution in [0.25, 0.3) is 0 Å². The summed E-state index contributed by atoms with van der Waals surface area (Å²) < 4.78 is 70.3. The zero-order chi connectivity index (χ0) is 22.2. The first-order chi connectivity index (χ1) is 14.6. The third kappa shape index (κ3) is 4.74. The lowest BCUT2D eigenvalue weighted by atomic mass is 10.0. The normalized spacial score (nSPS) is 22.5. The molecule has 0 radical (unpaired) electrons. The highest BCUT2D eigenvalue weighted by Crippen LogP contribution is 2.39. The van der Waals surface area contributed by atoms with Crippen molar-refractivity contribution in [3.05, 3.63) is 42.0 Å². The van der Waals surface area contributed by atoms with E-state index in [1.165, 1.54) is 10.4 Å². The molecular weight excluding hydrogens is 429 g/mol. The van der Waals surface area contributed by atoms with Crippen molar-refractivity contribution in [2.24, 2.45) is 18.9 Å². The molecule has 1 aliphatic heterocycles. The summed E-state index contributed by atoms with van der Waals surface area (Å²) in [5.74, 6) is 0.803. The van der Waals surface area contributed by atoms with Gasteiger partial charge in [0.25, 0.3) is 0 Å². The van der Waals surface area contributed by atoms with Gasteiger partial charge < -0.3 is 9.88 Å². The topological polar surface area (TPSA) is 67.2 Å². The van der Waals surface area contributed by atoms with E-state index in [2.05, 4.69) is 10.3 Å². The van der Waals surface area contributed by atoms with Crippen LogP contribution in [0, 0.1) is 11.8 Å². The first-order valence-corrected chi connectivity index (χ1v) is 12.0. The number of aromatic nitrogens is 2. The number of benzene rings is 1. The van der Waals surface area contributed by atoms with Crippen LogP contribution in [0.15, 0.2) is 35.6 Å². The summed E-state index contributed by atoms with van der Waals surface area (Å²) in [6, 6.07) is 2.92. The lowest BCUT2D eigenvalue weighted by Gasteiger charge is -2.26. The van der Waals surface area contributed by atoms with Crippen molar-refractivity contribution >= 4 is 15.7 Å². The number of alkyl halides is 3. The van der Waals surface area contributed by atoms with Gasteiger partial charge in [-0.15, -0.1) is 0 Å². The van der Waals surface area contributed by atoms with Gasteiger partial charge in [-0.3, -0.25) is 0 Å². The third-order valence-corrected chi connectivity index (χ3v) is 8.34. The fourth-order valence-corrected chi connectivity index (χ4v) is 6.40. The van der Waals surface area contributed by atoms with Crippen LogP contribution in [-0.4, -0.2) is 41.9 Å². The average molecular weight is 457 g/mol. The van der Waals surface area contributed by atoms with E-state index in [-0.39, 0.29) is 16.5 Å². The predicted octanol–water partition coefficient (Wildman–Crippen LogP) is 3.90. The standard InChI is InChI=1S/C21H27F3N4O2S/c1-27-14-25-12-18(27)6-8-26-19-5-4-17(21(22,23)24)11-20(19)31(29,30)28-9-7-15-2-3-16(10-15)13-28/h4-5,11-12,14-16,26H,2-3,6-10,13H2,1H3. The molecule has 0 amide bonds. The van der Waals surface area contributed by atoms with Gasteiger partial charge in [-0.25, -0.2) is 13.4 Å². The van der Waals surface area contributed by atoms with Gasteiger partial charge in [0.1, 0.15) is 4.90 Å². The van der Waals surface area contributed by atoms with Gasteiger partial charge in [0, 0.05) is 45.0 Å². The van der Waals surface area contributed by atoms with Crippen LogP contribution in [-0.2, 0) is 29.7 Å². The van der Waals surface area contributed by atoms with E-state index in [1.807, 2.05) is 11.6 Å². The average Bonchev–Trinajstić information content (AvgIpc) is 3.25. The summed E-state index contributed by atoms with van der Waals surface area (Å²) in [4.78, 5) is 3.74. The molecule has 1 N–H and O–H groups in total. The van der Waals surface area contributed by atoms with E-state index in [0.29, 0.717) is 32.0 Å². The number of aryl methyl sites for hydroxylation is 1. The molecule has 2 aliphatic rings. The summed E-state index contributed by atoms with van der Waals surface area (Å²) in [7, 11) is -2.21.